The third-order valence-corrected chi connectivity index (χ3v) is 5.49. The molecule has 0 aliphatic carbocycles. The standard InChI is InChI=1S/C17H21BO2S/c1-16(2)17(3,4)20-18(19-16)14-11-10-12-8-6-7-9-13(12)15(14)21-5/h6-11H,1-5H3. The van der Waals surface area contributed by atoms with Crippen LogP contribution in [-0.2, 0) is 9.31 Å². The lowest BCUT2D eigenvalue weighted by molar-refractivity contribution is 0.00578. The minimum atomic E-state index is -0.307. The molecule has 0 atom stereocenters. The summed E-state index contributed by atoms with van der Waals surface area (Å²) in [6.45, 7) is 8.36. The second kappa shape index (κ2) is 5.04. The van der Waals surface area contributed by atoms with Crippen LogP contribution in [0.15, 0.2) is 41.3 Å². The van der Waals surface area contributed by atoms with Gasteiger partial charge in [-0.1, -0.05) is 36.4 Å². The summed E-state index contributed by atoms with van der Waals surface area (Å²) in [6, 6.07) is 12.7. The van der Waals surface area contributed by atoms with Crippen molar-refractivity contribution in [3.63, 3.8) is 0 Å². The van der Waals surface area contributed by atoms with Crippen LogP contribution in [0.5, 0.6) is 0 Å². The van der Waals surface area contributed by atoms with Gasteiger partial charge in [-0.25, -0.2) is 0 Å². The molecule has 2 aromatic carbocycles. The molecule has 0 amide bonds. The van der Waals surface area contributed by atoms with Crippen LogP contribution in [0.2, 0.25) is 0 Å². The Morgan fingerprint density at radius 1 is 0.905 bits per heavy atom. The third kappa shape index (κ3) is 2.39. The highest BCUT2D eigenvalue weighted by Gasteiger charge is 2.52. The van der Waals surface area contributed by atoms with Crippen LogP contribution >= 0.6 is 11.8 Å². The predicted molar refractivity (Wildman–Crippen MR) is 91.4 cm³/mol. The summed E-state index contributed by atoms with van der Waals surface area (Å²) in [6.07, 6.45) is 2.11. The van der Waals surface area contributed by atoms with E-state index in [0.717, 1.165) is 5.46 Å². The van der Waals surface area contributed by atoms with Gasteiger partial charge in [0.05, 0.1) is 11.2 Å². The smallest absolute Gasteiger partial charge is 0.399 e. The van der Waals surface area contributed by atoms with Crippen molar-refractivity contribution >= 4 is 35.1 Å². The van der Waals surface area contributed by atoms with Crippen molar-refractivity contribution in [2.75, 3.05) is 6.26 Å². The van der Waals surface area contributed by atoms with Gasteiger partial charge in [0.1, 0.15) is 0 Å². The summed E-state index contributed by atoms with van der Waals surface area (Å²) in [5.41, 5.74) is 0.512. The van der Waals surface area contributed by atoms with E-state index in [1.807, 2.05) is 0 Å². The molecule has 0 radical (unpaired) electrons. The highest BCUT2D eigenvalue weighted by atomic mass is 32.2. The number of benzene rings is 2. The molecule has 2 nitrogen and oxygen atoms in total. The molecule has 1 aliphatic rings. The fourth-order valence-electron chi connectivity index (χ4n) is 2.64. The highest BCUT2D eigenvalue weighted by Crippen LogP contribution is 2.37. The maximum absolute atomic E-state index is 6.21. The molecule has 0 bridgehead atoms. The van der Waals surface area contributed by atoms with Gasteiger partial charge >= 0.3 is 7.12 Å². The average Bonchev–Trinajstić information content (AvgIpc) is 2.66. The molecule has 1 aliphatic heterocycles. The van der Waals surface area contributed by atoms with E-state index >= 15 is 0 Å². The lowest BCUT2D eigenvalue weighted by Crippen LogP contribution is -2.41. The molecule has 110 valence electrons. The number of fused-ring (bicyclic) bond motifs is 1. The summed E-state index contributed by atoms with van der Waals surface area (Å²) in [5, 5.41) is 2.51. The van der Waals surface area contributed by atoms with Gasteiger partial charge in [0, 0.05) is 4.90 Å². The molecule has 0 N–H and O–H groups in total. The van der Waals surface area contributed by atoms with E-state index in [1.54, 1.807) is 11.8 Å². The molecule has 1 fully saturated rings. The van der Waals surface area contributed by atoms with Gasteiger partial charge in [0.15, 0.2) is 0 Å². The fraction of sp³-hybridized carbons (Fsp3) is 0.412. The largest absolute Gasteiger partial charge is 0.496 e. The molecule has 1 saturated heterocycles. The zero-order chi connectivity index (χ0) is 15.3. The fourth-order valence-corrected chi connectivity index (χ4v) is 3.45. The zero-order valence-electron chi connectivity index (χ0n) is 13.3. The van der Waals surface area contributed by atoms with E-state index in [4.69, 9.17) is 9.31 Å². The lowest BCUT2D eigenvalue weighted by atomic mass is 9.78. The first-order valence-corrected chi connectivity index (χ1v) is 8.49. The Morgan fingerprint density at radius 2 is 1.52 bits per heavy atom. The van der Waals surface area contributed by atoms with E-state index < -0.39 is 0 Å². The Labute approximate surface area is 131 Å². The maximum atomic E-state index is 6.21. The number of thioether (sulfide) groups is 1. The topological polar surface area (TPSA) is 18.5 Å². The van der Waals surface area contributed by atoms with E-state index in [1.165, 1.54) is 15.7 Å². The first-order chi connectivity index (χ1) is 9.86. The Hall–Kier alpha value is -0.965. The zero-order valence-corrected chi connectivity index (χ0v) is 14.1. The Morgan fingerprint density at radius 3 is 2.14 bits per heavy atom. The molecular formula is C17H21BO2S. The molecule has 0 spiro atoms. The van der Waals surface area contributed by atoms with Crippen molar-refractivity contribution in [3.8, 4) is 0 Å². The number of hydrogen-bond acceptors (Lipinski definition) is 3. The highest BCUT2D eigenvalue weighted by molar-refractivity contribution is 7.99. The summed E-state index contributed by atoms with van der Waals surface area (Å²) in [4.78, 5) is 1.24. The van der Waals surface area contributed by atoms with E-state index in [0.29, 0.717) is 0 Å². The summed E-state index contributed by atoms with van der Waals surface area (Å²) in [7, 11) is -0.304. The lowest BCUT2D eigenvalue weighted by Gasteiger charge is -2.32. The van der Waals surface area contributed by atoms with Gasteiger partial charge in [0.2, 0.25) is 0 Å². The quantitative estimate of drug-likeness (QED) is 0.620. The molecular weight excluding hydrogens is 279 g/mol. The van der Waals surface area contributed by atoms with Gasteiger partial charge in [-0.3, -0.25) is 0 Å². The van der Waals surface area contributed by atoms with Crippen molar-refractivity contribution in [2.45, 2.75) is 43.8 Å². The van der Waals surface area contributed by atoms with Crippen LogP contribution in [0, 0.1) is 0 Å². The molecule has 0 aromatic heterocycles. The van der Waals surface area contributed by atoms with Crippen molar-refractivity contribution in [1.82, 2.24) is 0 Å². The SMILES string of the molecule is CSc1c(B2OC(C)(C)C(C)(C)O2)ccc2ccccc12. The van der Waals surface area contributed by atoms with Crippen molar-refractivity contribution in [2.24, 2.45) is 0 Å². The molecule has 2 aromatic rings. The van der Waals surface area contributed by atoms with Gasteiger partial charge in [-0.2, -0.15) is 0 Å². The van der Waals surface area contributed by atoms with Crippen LogP contribution in [0.3, 0.4) is 0 Å². The summed E-state index contributed by atoms with van der Waals surface area (Å²) < 4.78 is 12.4. The third-order valence-electron chi connectivity index (χ3n) is 4.62. The van der Waals surface area contributed by atoms with E-state index in [9.17, 15) is 0 Å². The second-order valence-corrected chi connectivity index (χ2v) is 7.31. The molecule has 0 saturated carbocycles. The minimum Gasteiger partial charge on any atom is -0.399 e. The van der Waals surface area contributed by atoms with Crippen molar-refractivity contribution in [1.29, 1.82) is 0 Å². The molecule has 1 heterocycles. The minimum absolute atomic E-state index is 0.304. The Balaban J connectivity index is 2.10. The Bertz CT molecular complexity index is 666. The second-order valence-electron chi connectivity index (χ2n) is 6.50. The van der Waals surface area contributed by atoms with Crippen LogP contribution in [0.1, 0.15) is 27.7 Å². The van der Waals surface area contributed by atoms with Crippen LogP contribution < -0.4 is 5.46 Å². The first kappa shape index (κ1) is 15.0. The Kier molecular flexibility index (Phi) is 3.59. The summed E-state index contributed by atoms with van der Waals surface area (Å²) >= 11 is 1.75. The van der Waals surface area contributed by atoms with Crippen LogP contribution in [0.4, 0.5) is 0 Å². The van der Waals surface area contributed by atoms with E-state index in [2.05, 4.69) is 70.3 Å². The predicted octanol–water partition coefficient (Wildman–Crippen LogP) is 3.86. The van der Waals surface area contributed by atoms with Crippen LogP contribution in [-0.4, -0.2) is 24.6 Å². The van der Waals surface area contributed by atoms with Crippen molar-refractivity contribution in [3.05, 3.63) is 36.4 Å². The molecule has 0 unspecified atom stereocenters. The van der Waals surface area contributed by atoms with E-state index in [-0.39, 0.29) is 18.3 Å². The molecule has 3 rings (SSSR count). The first-order valence-electron chi connectivity index (χ1n) is 7.27. The molecule has 21 heavy (non-hydrogen) atoms. The van der Waals surface area contributed by atoms with Gasteiger partial charge in [-0.15, -0.1) is 11.8 Å². The summed E-state index contributed by atoms with van der Waals surface area (Å²) in [5.74, 6) is 0. The van der Waals surface area contributed by atoms with Gasteiger partial charge in [-0.05, 0) is 50.2 Å². The maximum Gasteiger partial charge on any atom is 0.496 e. The number of hydrogen-bond donors (Lipinski definition) is 0. The molecule has 4 heteroatoms. The van der Waals surface area contributed by atoms with Gasteiger partial charge < -0.3 is 9.31 Å². The normalized spacial score (nSPS) is 20.1. The van der Waals surface area contributed by atoms with Crippen LogP contribution in [0.25, 0.3) is 10.8 Å². The monoisotopic (exact) mass is 300 g/mol. The number of rotatable bonds is 2. The van der Waals surface area contributed by atoms with Gasteiger partial charge in [0.25, 0.3) is 0 Å². The van der Waals surface area contributed by atoms with Crippen molar-refractivity contribution < 1.29 is 9.31 Å². The average molecular weight is 300 g/mol.